The van der Waals surface area contributed by atoms with Gasteiger partial charge in [-0.25, -0.2) is 14.1 Å². The van der Waals surface area contributed by atoms with E-state index in [9.17, 15) is 23.6 Å². The summed E-state index contributed by atoms with van der Waals surface area (Å²) in [5, 5.41) is 5.14. The number of nitrogens with zero attached hydrogens (tertiary/aromatic N) is 1. The summed E-state index contributed by atoms with van der Waals surface area (Å²) >= 11 is 6.18. The van der Waals surface area contributed by atoms with Crippen LogP contribution in [0.2, 0.25) is 0 Å². The van der Waals surface area contributed by atoms with E-state index < -0.39 is 29.5 Å². The maximum Gasteiger partial charge on any atom is 0.338 e. The van der Waals surface area contributed by atoms with Crippen LogP contribution in [-0.4, -0.2) is 30.3 Å². The number of imide groups is 1. The monoisotopic (exact) mass is 507 g/mol. The van der Waals surface area contributed by atoms with E-state index in [0.29, 0.717) is 11.4 Å². The van der Waals surface area contributed by atoms with Crippen molar-refractivity contribution in [3.8, 4) is 0 Å². The quantitative estimate of drug-likeness (QED) is 0.355. The van der Waals surface area contributed by atoms with Crippen LogP contribution < -0.4 is 15.5 Å². The third-order valence-electron chi connectivity index (χ3n) is 5.16. The first kappa shape index (κ1) is 24.6. The van der Waals surface area contributed by atoms with Gasteiger partial charge in [0.15, 0.2) is 0 Å². The molecule has 2 N–H and O–H groups in total. The van der Waals surface area contributed by atoms with Crippen molar-refractivity contribution in [2.45, 2.75) is 6.92 Å². The van der Waals surface area contributed by atoms with Crippen LogP contribution in [0, 0.1) is 5.82 Å². The Bertz CT molecular complexity index is 1390. The molecule has 0 spiro atoms. The molecule has 3 aromatic rings. The minimum Gasteiger partial charge on any atom is -0.462 e. The molecular formula is C26H19ClFN3O5. The van der Waals surface area contributed by atoms with Crippen LogP contribution in [0.1, 0.15) is 27.6 Å². The smallest absolute Gasteiger partial charge is 0.338 e. The fourth-order valence-electron chi connectivity index (χ4n) is 3.43. The summed E-state index contributed by atoms with van der Waals surface area (Å²) in [6, 6.07) is 17.3. The van der Waals surface area contributed by atoms with Crippen molar-refractivity contribution < 1.29 is 28.3 Å². The predicted octanol–water partition coefficient (Wildman–Crippen LogP) is 4.69. The summed E-state index contributed by atoms with van der Waals surface area (Å²) in [5.41, 5.74) is 1.34. The standard InChI is InChI=1S/C26H19ClFN3O5/c1-2-36-26(35)15-6-12-20(13-7-15)31-24(33)21(27)22(25(31)34)29-19-5-3-4-16(14-19)23(32)30-18-10-8-17(28)9-11-18/h3-14,29H,2H2,1H3,(H,30,32). The number of halogens is 2. The molecule has 0 aliphatic carbocycles. The van der Waals surface area contributed by atoms with Crippen molar-refractivity contribution in [3.63, 3.8) is 0 Å². The third kappa shape index (κ3) is 5.11. The minimum absolute atomic E-state index is 0.160. The zero-order chi connectivity index (χ0) is 25.8. The maximum absolute atomic E-state index is 13.1. The highest BCUT2D eigenvalue weighted by molar-refractivity contribution is 6.53. The summed E-state index contributed by atoms with van der Waals surface area (Å²) in [5.74, 6) is -2.84. The second kappa shape index (κ2) is 10.4. The average molecular weight is 508 g/mol. The number of carbonyl (C=O) groups is 4. The van der Waals surface area contributed by atoms with Crippen molar-refractivity contribution >= 4 is 52.4 Å². The van der Waals surface area contributed by atoms with E-state index in [-0.39, 0.29) is 34.2 Å². The van der Waals surface area contributed by atoms with Crippen LogP contribution in [0.3, 0.4) is 0 Å². The van der Waals surface area contributed by atoms with Gasteiger partial charge in [0.05, 0.1) is 17.9 Å². The van der Waals surface area contributed by atoms with E-state index >= 15 is 0 Å². The third-order valence-corrected chi connectivity index (χ3v) is 5.51. The molecular weight excluding hydrogens is 489 g/mol. The molecule has 3 aromatic carbocycles. The lowest BCUT2D eigenvalue weighted by Gasteiger charge is -2.15. The number of ether oxygens (including phenoxy) is 1. The van der Waals surface area contributed by atoms with E-state index in [4.69, 9.17) is 16.3 Å². The Labute approximate surface area is 210 Å². The summed E-state index contributed by atoms with van der Waals surface area (Å²) in [6.45, 7) is 1.90. The van der Waals surface area contributed by atoms with E-state index in [1.54, 1.807) is 25.1 Å². The second-order valence-electron chi connectivity index (χ2n) is 7.57. The Morgan fingerprint density at radius 2 is 1.61 bits per heavy atom. The van der Waals surface area contributed by atoms with Gasteiger partial charge in [-0.1, -0.05) is 17.7 Å². The molecule has 0 radical (unpaired) electrons. The normalized spacial score (nSPS) is 13.1. The highest BCUT2D eigenvalue weighted by Gasteiger charge is 2.39. The molecule has 0 unspecified atom stereocenters. The van der Waals surface area contributed by atoms with Gasteiger partial charge in [-0.3, -0.25) is 14.4 Å². The van der Waals surface area contributed by atoms with E-state index in [2.05, 4.69) is 10.6 Å². The predicted molar refractivity (Wildman–Crippen MR) is 132 cm³/mol. The Balaban J connectivity index is 1.50. The molecule has 0 aromatic heterocycles. The molecule has 1 aliphatic rings. The number of carbonyl (C=O) groups excluding carboxylic acids is 4. The number of anilines is 3. The van der Waals surface area contributed by atoms with Crippen LogP contribution >= 0.6 is 11.6 Å². The molecule has 8 nitrogen and oxygen atoms in total. The number of rotatable bonds is 7. The van der Waals surface area contributed by atoms with E-state index in [0.717, 1.165) is 4.90 Å². The molecule has 182 valence electrons. The molecule has 0 atom stereocenters. The van der Waals surface area contributed by atoms with Gasteiger partial charge in [-0.2, -0.15) is 0 Å². The first-order valence-electron chi connectivity index (χ1n) is 10.8. The number of esters is 1. The van der Waals surface area contributed by atoms with Gasteiger partial charge >= 0.3 is 5.97 Å². The zero-order valence-corrected chi connectivity index (χ0v) is 19.6. The molecule has 0 fully saturated rings. The molecule has 10 heteroatoms. The van der Waals surface area contributed by atoms with Crippen LogP contribution in [0.4, 0.5) is 21.5 Å². The number of hydrogen-bond acceptors (Lipinski definition) is 6. The second-order valence-corrected chi connectivity index (χ2v) is 7.95. The topological polar surface area (TPSA) is 105 Å². The van der Waals surface area contributed by atoms with Gasteiger partial charge in [0, 0.05) is 16.9 Å². The molecule has 1 aliphatic heterocycles. The van der Waals surface area contributed by atoms with Gasteiger partial charge in [0.1, 0.15) is 16.5 Å². The lowest BCUT2D eigenvalue weighted by Crippen LogP contribution is -2.32. The number of benzene rings is 3. The Morgan fingerprint density at radius 1 is 0.917 bits per heavy atom. The fraction of sp³-hybridized carbons (Fsp3) is 0.0769. The SMILES string of the molecule is CCOC(=O)c1ccc(N2C(=O)C(Cl)=C(Nc3cccc(C(=O)Nc4ccc(F)cc4)c3)C2=O)cc1. The van der Waals surface area contributed by atoms with Crippen LogP contribution in [0.25, 0.3) is 0 Å². The van der Waals surface area contributed by atoms with Crippen LogP contribution in [0.15, 0.2) is 83.5 Å². The molecule has 0 bridgehead atoms. The van der Waals surface area contributed by atoms with Crippen molar-refractivity contribution in [1.82, 2.24) is 0 Å². The highest BCUT2D eigenvalue weighted by Crippen LogP contribution is 2.30. The zero-order valence-electron chi connectivity index (χ0n) is 18.9. The van der Waals surface area contributed by atoms with Gasteiger partial charge in [-0.15, -0.1) is 0 Å². The first-order valence-corrected chi connectivity index (χ1v) is 11.2. The molecule has 1 heterocycles. The van der Waals surface area contributed by atoms with Crippen molar-refractivity contribution in [2.24, 2.45) is 0 Å². The number of hydrogen-bond donors (Lipinski definition) is 2. The molecule has 36 heavy (non-hydrogen) atoms. The van der Waals surface area contributed by atoms with Gasteiger partial charge in [0.2, 0.25) is 0 Å². The Kier molecular flexibility index (Phi) is 7.12. The van der Waals surface area contributed by atoms with Gasteiger partial charge in [0.25, 0.3) is 17.7 Å². The molecule has 0 saturated heterocycles. The summed E-state index contributed by atoms with van der Waals surface area (Å²) in [4.78, 5) is 51.1. The van der Waals surface area contributed by atoms with Crippen LogP contribution in [-0.2, 0) is 14.3 Å². The molecule has 0 saturated carbocycles. The van der Waals surface area contributed by atoms with Gasteiger partial charge < -0.3 is 15.4 Å². The lowest BCUT2D eigenvalue weighted by atomic mass is 10.1. The largest absolute Gasteiger partial charge is 0.462 e. The maximum atomic E-state index is 13.1. The van der Waals surface area contributed by atoms with Gasteiger partial charge in [-0.05, 0) is 73.7 Å². The van der Waals surface area contributed by atoms with Crippen LogP contribution in [0.5, 0.6) is 0 Å². The minimum atomic E-state index is -0.738. The highest BCUT2D eigenvalue weighted by atomic mass is 35.5. The Morgan fingerprint density at radius 3 is 2.28 bits per heavy atom. The Hall–Kier alpha value is -4.50. The van der Waals surface area contributed by atoms with Crippen molar-refractivity contribution in [3.05, 3.63) is 100 Å². The lowest BCUT2D eigenvalue weighted by molar-refractivity contribution is -0.120. The van der Waals surface area contributed by atoms with Crippen molar-refractivity contribution in [1.29, 1.82) is 0 Å². The number of amides is 3. The average Bonchev–Trinajstić information content (AvgIpc) is 3.09. The van der Waals surface area contributed by atoms with E-state index in [1.165, 1.54) is 54.6 Å². The number of nitrogens with one attached hydrogen (secondary N) is 2. The van der Waals surface area contributed by atoms with E-state index in [1.807, 2.05) is 0 Å². The first-order chi connectivity index (χ1) is 17.3. The fourth-order valence-corrected chi connectivity index (χ4v) is 3.64. The summed E-state index contributed by atoms with van der Waals surface area (Å²) in [7, 11) is 0. The molecule has 4 rings (SSSR count). The van der Waals surface area contributed by atoms with Crippen molar-refractivity contribution in [2.75, 3.05) is 22.1 Å². The summed E-state index contributed by atoms with van der Waals surface area (Å²) < 4.78 is 18.0. The summed E-state index contributed by atoms with van der Waals surface area (Å²) in [6.07, 6.45) is 0. The molecule has 3 amide bonds.